The average molecular weight is 341 g/mol. The highest BCUT2D eigenvalue weighted by molar-refractivity contribution is 9.08. The SMILES string of the molecule is O=C1NC(=O)C(Cc2ccc3oc(CBr)nc3c2)S1. The van der Waals surface area contributed by atoms with E-state index in [9.17, 15) is 9.59 Å². The van der Waals surface area contributed by atoms with Gasteiger partial charge >= 0.3 is 0 Å². The van der Waals surface area contributed by atoms with Crippen LogP contribution in [0.4, 0.5) is 4.79 Å². The monoisotopic (exact) mass is 340 g/mol. The number of halogens is 1. The molecule has 1 fully saturated rings. The van der Waals surface area contributed by atoms with Gasteiger partial charge in [-0.15, -0.1) is 0 Å². The number of nitrogens with zero attached hydrogens (tertiary/aromatic N) is 1. The Kier molecular flexibility index (Phi) is 3.32. The van der Waals surface area contributed by atoms with E-state index < -0.39 is 0 Å². The van der Waals surface area contributed by atoms with E-state index in [0.717, 1.165) is 28.4 Å². The largest absolute Gasteiger partial charge is 0.440 e. The number of imide groups is 1. The van der Waals surface area contributed by atoms with Gasteiger partial charge in [-0.3, -0.25) is 14.9 Å². The lowest BCUT2D eigenvalue weighted by molar-refractivity contribution is -0.118. The summed E-state index contributed by atoms with van der Waals surface area (Å²) in [7, 11) is 0. The Hall–Kier alpha value is -1.34. The second-order valence-corrected chi connectivity index (χ2v) is 5.87. The summed E-state index contributed by atoms with van der Waals surface area (Å²) >= 11 is 4.32. The van der Waals surface area contributed by atoms with Gasteiger partial charge in [0.2, 0.25) is 11.8 Å². The van der Waals surface area contributed by atoms with Crippen molar-refractivity contribution in [1.29, 1.82) is 0 Å². The molecule has 98 valence electrons. The topological polar surface area (TPSA) is 72.2 Å². The molecule has 1 N–H and O–H groups in total. The fraction of sp³-hybridized carbons (Fsp3) is 0.250. The lowest BCUT2D eigenvalue weighted by Gasteiger charge is -2.04. The average Bonchev–Trinajstić information content (AvgIpc) is 2.92. The molecule has 3 rings (SSSR count). The van der Waals surface area contributed by atoms with Crippen molar-refractivity contribution in [2.24, 2.45) is 0 Å². The molecule has 1 aliphatic heterocycles. The van der Waals surface area contributed by atoms with Crippen molar-refractivity contribution in [2.75, 3.05) is 0 Å². The van der Waals surface area contributed by atoms with Gasteiger partial charge in [0.15, 0.2) is 5.58 Å². The van der Waals surface area contributed by atoms with E-state index in [1.54, 1.807) is 0 Å². The number of amides is 2. The Labute approximate surface area is 121 Å². The quantitative estimate of drug-likeness (QED) is 0.869. The number of alkyl halides is 1. The summed E-state index contributed by atoms with van der Waals surface area (Å²) in [6.45, 7) is 0. The highest BCUT2D eigenvalue weighted by Gasteiger charge is 2.31. The van der Waals surface area contributed by atoms with Crippen LogP contribution in [-0.4, -0.2) is 21.4 Å². The molecule has 7 heteroatoms. The highest BCUT2D eigenvalue weighted by atomic mass is 79.9. The molecule has 1 atom stereocenters. The molecule has 19 heavy (non-hydrogen) atoms. The Morgan fingerprint density at radius 3 is 2.95 bits per heavy atom. The normalized spacial score (nSPS) is 19.1. The molecule has 1 aromatic heterocycles. The minimum absolute atomic E-state index is 0.226. The predicted octanol–water partition coefficient (Wildman–Crippen LogP) is 2.62. The number of carbonyl (C=O) groups excluding carboxylic acids is 2. The summed E-state index contributed by atoms with van der Waals surface area (Å²) < 4.78 is 5.48. The lowest BCUT2D eigenvalue weighted by atomic mass is 10.1. The van der Waals surface area contributed by atoms with E-state index in [-0.39, 0.29) is 16.4 Å². The molecule has 0 spiro atoms. The minimum atomic E-state index is -0.354. The molecule has 1 saturated heterocycles. The van der Waals surface area contributed by atoms with Gasteiger partial charge in [0, 0.05) is 0 Å². The lowest BCUT2D eigenvalue weighted by Crippen LogP contribution is -2.25. The fourth-order valence-corrected chi connectivity index (χ4v) is 3.05. The van der Waals surface area contributed by atoms with Gasteiger partial charge in [-0.25, -0.2) is 4.98 Å². The molecular weight excluding hydrogens is 332 g/mol. The Morgan fingerprint density at radius 2 is 2.26 bits per heavy atom. The first-order valence-corrected chi connectivity index (χ1v) is 7.61. The summed E-state index contributed by atoms with van der Waals surface area (Å²) in [4.78, 5) is 26.9. The van der Waals surface area contributed by atoms with Gasteiger partial charge in [-0.1, -0.05) is 33.8 Å². The Bertz CT molecular complexity index is 670. The van der Waals surface area contributed by atoms with Crippen molar-refractivity contribution in [3.63, 3.8) is 0 Å². The summed E-state index contributed by atoms with van der Waals surface area (Å²) in [6.07, 6.45) is 0.509. The van der Waals surface area contributed by atoms with Crippen LogP contribution in [0.3, 0.4) is 0 Å². The number of thioether (sulfide) groups is 1. The molecule has 1 aliphatic rings. The zero-order valence-electron chi connectivity index (χ0n) is 9.68. The first kappa shape index (κ1) is 12.7. The Morgan fingerprint density at radius 1 is 1.42 bits per heavy atom. The maximum Gasteiger partial charge on any atom is 0.286 e. The summed E-state index contributed by atoms with van der Waals surface area (Å²) in [5.41, 5.74) is 2.45. The first-order chi connectivity index (χ1) is 9.15. The van der Waals surface area contributed by atoms with E-state index in [2.05, 4.69) is 26.2 Å². The zero-order chi connectivity index (χ0) is 13.4. The molecule has 0 saturated carbocycles. The summed E-state index contributed by atoms with van der Waals surface area (Å²) in [6, 6.07) is 5.62. The van der Waals surface area contributed by atoms with E-state index in [0.29, 0.717) is 17.6 Å². The second-order valence-electron chi connectivity index (χ2n) is 4.13. The number of nitrogens with one attached hydrogen (secondary N) is 1. The van der Waals surface area contributed by atoms with Crippen molar-refractivity contribution >= 4 is 49.9 Å². The molecule has 2 amide bonds. The smallest absolute Gasteiger partial charge is 0.286 e. The molecule has 1 aromatic carbocycles. The fourth-order valence-electron chi connectivity index (χ4n) is 1.95. The van der Waals surface area contributed by atoms with Gasteiger partial charge in [0.05, 0.1) is 10.6 Å². The molecule has 1 unspecified atom stereocenters. The molecule has 5 nitrogen and oxygen atoms in total. The number of benzene rings is 1. The molecule has 0 aliphatic carbocycles. The van der Waals surface area contributed by atoms with Gasteiger partial charge in [0.25, 0.3) is 5.24 Å². The number of oxazole rings is 1. The third-order valence-electron chi connectivity index (χ3n) is 2.80. The van der Waals surface area contributed by atoms with Crippen LogP contribution in [0.1, 0.15) is 11.5 Å². The van der Waals surface area contributed by atoms with E-state index in [1.165, 1.54) is 0 Å². The maximum atomic E-state index is 11.5. The molecule has 2 aromatic rings. The third kappa shape index (κ3) is 2.52. The van der Waals surface area contributed by atoms with Crippen LogP contribution >= 0.6 is 27.7 Å². The summed E-state index contributed by atoms with van der Waals surface area (Å²) in [5, 5.41) is 2.21. The maximum absolute atomic E-state index is 11.5. The molecule has 0 radical (unpaired) electrons. The van der Waals surface area contributed by atoms with Gasteiger partial charge in [0.1, 0.15) is 5.52 Å². The second kappa shape index (κ2) is 4.97. The number of carbonyl (C=O) groups is 2. The van der Waals surface area contributed by atoms with Crippen molar-refractivity contribution < 1.29 is 14.0 Å². The molecule has 2 heterocycles. The van der Waals surface area contributed by atoms with Crippen LogP contribution in [0.15, 0.2) is 22.6 Å². The van der Waals surface area contributed by atoms with E-state index in [4.69, 9.17) is 4.42 Å². The standard InChI is InChI=1S/C12H9BrN2O3S/c13-5-10-14-7-3-6(1-2-8(7)18-10)4-9-11(16)15-12(17)19-9/h1-3,9H,4-5H2,(H,15,16,17). The number of fused-ring (bicyclic) bond motifs is 1. The van der Waals surface area contributed by atoms with Gasteiger partial charge in [-0.05, 0) is 24.1 Å². The number of hydrogen-bond acceptors (Lipinski definition) is 5. The van der Waals surface area contributed by atoms with Crippen molar-refractivity contribution in [3.05, 3.63) is 29.7 Å². The van der Waals surface area contributed by atoms with E-state index in [1.807, 2.05) is 18.2 Å². The molecular formula is C12H9BrN2O3S. The minimum Gasteiger partial charge on any atom is -0.440 e. The van der Waals surface area contributed by atoms with Gasteiger partial charge in [-0.2, -0.15) is 0 Å². The predicted molar refractivity (Wildman–Crippen MR) is 75.3 cm³/mol. The van der Waals surface area contributed by atoms with Crippen molar-refractivity contribution in [3.8, 4) is 0 Å². The highest BCUT2D eigenvalue weighted by Crippen LogP contribution is 2.25. The molecule has 0 bridgehead atoms. The van der Waals surface area contributed by atoms with Gasteiger partial charge < -0.3 is 4.42 Å². The van der Waals surface area contributed by atoms with Crippen LogP contribution in [-0.2, 0) is 16.5 Å². The van der Waals surface area contributed by atoms with Crippen molar-refractivity contribution in [1.82, 2.24) is 10.3 Å². The Balaban J connectivity index is 1.85. The van der Waals surface area contributed by atoms with Crippen molar-refractivity contribution in [2.45, 2.75) is 17.0 Å². The number of hydrogen-bond donors (Lipinski definition) is 1. The van der Waals surface area contributed by atoms with Crippen LogP contribution < -0.4 is 5.32 Å². The van der Waals surface area contributed by atoms with Crippen LogP contribution in [0, 0.1) is 0 Å². The van der Waals surface area contributed by atoms with Crippen LogP contribution in [0.2, 0.25) is 0 Å². The summed E-state index contributed by atoms with van der Waals surface area (Å²) in [5.74, 6) is 0.395. The van der Waals surface area contributed by atoms with E-state index >= 15 is 0 Å². The number of aromatic nitrogens is 1. The first-order valence-electron chi connectivity index (χ1n) is 5.61. The number of rotatable bonds is 3. The van der Waals surface area contributed by atoms with Crippen LogP contribution in [0.25, 0.3) is 11.1 Å². The third-order valence-corrected chi connectivity index (χ3v) is 4.26. The van der Waals surface area contributed by atoms with Crippen LogP contribution in [0.5, 0.6) is 0 Å². The zero-order valence-corrected chi connectivity index (χ0v) is 12.1.